The summed E-state index contributed by atoms with van der Waals surface area (Å²) in [5.74, 6) is -1.46. The average molecular weight is 503 g/mol. The van der Waals surface area contributed by atoms with Crippen molar-refractivity contribution in [1.29, 1.82) is 0 Å². The summed E-state index contributed by atoms with van der Waals surface area (Å²) >= 11 is 0. The fourth-order valence-corrected chi connectivity index (χ4v) is 4.93. The number of aliphatic hydroxyl groups excluding tert-OH is 1. The Bertz CT molecular complexity index is 1590. The Morgan fingerprint density at radius 2 is 1.81 bits per heavy atom. The van der Waals surface area contributed by atoms with Gasteiger partial charge in [-0.2, -0.15) is 4.98 Å². The molecule has 3 heterocycles. The smallest absolute Gasteiger partial charge is 0.348 e. The summed E-state index contributed by atoms with van der Waals surface area (Å²) in [7, 11) is 0. The number of aromatic nitrogens is 3. The number of rotatable bonds is 6. The van der Waals surface area contributed by atoms with Gasteiger partial charge in [0, 0.05) is 18.2 Å². The lowest BCUT2D eigenvalue weighted by molar-refractivity contribution is -0.147. The molecule has 1 aliphatic heterocycles. The first-order valence-corrected chi connectivity index (χ1v) is 11.7. The van der Waals surface area contributed by atoms with Gasteiger partial charge in [0.15, 0.2) is 28.9 Å². The van der Waals surface area contributed by atoms with Crippen molar-refractivity contribution in [2.75, 3.05) is 5.73 Å². The summed E-state index contributed by atoms with van der Waals surface area (Å²) in [6.07, 6.45) is -3.16. The second-order valence-corrected chi connectivity index (χ2v) is 9.32. The number of aromatic amines is 1. The summed E-state index contributed by atoms with van der Waals surface area (Å²) in [5, 5.41) is 23.3. The SMILES string of the molecule is Cc1ccccc1C(=O)[C@]1(O)C[C@H](n2ccc3c(N)[nH]c(=O)nc32)O[C@@H]1C(=O)C(O)c1ccccc1C. The van der Waals surface area contributed by atoms with E-state index in [1.54, 1.807) is 74.6 Å². The molecule has 0 amide bonds. The first kappa shape index (κ1) is 24.6. The average Bonchev–Trinajstić information content (AvgIpc) is 3.45. The maximum Gasteiger partial charge on any atom is 0.348 e. The lowest BCUT2D eigenvalue weighted by atomic mass is 9.81. The van der Waals surface area contributed by atoms with E-state index in [0.29, 0.717) is 22.1 Å². The molecule has 10 heteroatoms. The van der Waals surface area contributed by atoms with Gasteiger partial charge in [-0.3, -0.25) is 14.6 Å². The zero-order valence-corrected chi connectivity index (χ0v) is 20.2. The molecule has 0 radical (unpaired) electrons. The summed E-state index contributed by atoms with van der Waals surface area (Å²) < 4.78 is 7.47. The molecule has 1 unspecified atom stereocenters. The number of ether oxygens (including phenoxy) is 1. The Labute approximate surface area is 211 Å². The quantitative estimate of drug-likeness (QED) is 0.292. The number of carbonyl (C=O) groups excluding carboxylic acids is 2. The Morgan fingerprint density at radius 1 is 1.14 bits per heavy atom. The minimum atomic E-state index is -2.30. The van der Waals surface area contributed by atoms with Crippen molar-refractivity contribution < 1.29 is 24.5 Å². The molecule has 1 aliphatic rings. The van der Waals surface area contributed by atoms with E-state index in [4.69, 9.17) is 10.5 Å². The number of hydrogen-bond acceptors (Lipinski definition) is 8. The number of nitrogen functional groups attached to an aromatic ring is 1. The monoisotopic (exact) mass is 502 g/mol. The first-order chi connectivity index (χ1) is 17.6. The van der Waals surface area contributed by atoms with E-state index >= 15 is 0 Å². The van der Waals surface area contributed by atoms with E-state index in [-0.39, 0.29) is 23.4 Å². The van der Waals surface area contributed by atoms with Crippen molar-refractivity contribution in [3.05, 3.63) is 93.5 Å². The molecule has 0 saturated carbocycles. The van der Waals surface area contributed by atoms with Crippen LogP contribution in [-0.2, 0) is 9.53 Å². The Balaban J connectivity index is 1.60. The van der Waals surface area contributed by atoms with Crippen LogP contribution in [0.3, 0.4) is 0 Å². The highest BCUT2D eigenvalue weighted by molar-refractivity contribution is 6.08. The number of nitrogens with one attached hydrogen (secondary N) is 1. The van der Waals surface area contributed by atoms with Crippen LogP contribution in [-0.4, -0.2) is 48.0 Å². The maximum atomic E-state index is 13.8. The molecule has 190 valence electrons. The van der Waals surface area contributed by atoms with Gasteiger partial charge in [-0.1, -0.05) is 48.5 Å². The number of hydrogen-bond donors (Lipinski definition) is 4. The van der Waals surface area contributed by atoms with Gasteiger partial charge < -0.3 is 25.3 Å². The molecular weight excluding hydrogens is 476 g/mol. The Hall–Kier alpha value is -4.12. The third-order valence-electron chi connectivity index (χ3n) is 6.94. The molecule has 1 saturated heterocycles. The van der Waals surface area contributed by atoms with Crippen molar-refractivity contribution in [3.63, 3.8) is 0 Å². The van der Waals surface area contributed by atoms with Crippen LogP contribution < -0.4 is 11.4 Å². The molecule has 4 atom stereocenters. The normalized spacial score (nSPS) is 22.3. The standard InChI is InChI=1S/C27H26N4O6/c1-14-7-3-5-9-16(14)20(32)21(33)23-27(36,22(34)17-10-6-4-8-15(17)2)13-19(37-23)31-12-11-18-24(28)29-26(35)30-25(18)31/h3-12,19-20,23,32,36H,13H2,1-2H3,(H3,28,29,30,35)/t19-,20?,23-,27-/m1/s1. The van der Waals surface area contributed by atoms with E-state index in [1.807, 2.05) is 0 Å². The number of Topliss-reactive ketones (excluding diaryl/α,β-unsaturated/α-hetero) is 2. The highest BCUT2D eigenvalue weighted by Gasteiger charge is 2.58. The molecule has 10 nitrogen and oxygen atoms in total. The number of carbonyl (C=O) groups is 2. The second-order valence-electron chi connectivity index (χ2n) is 9.32. The zero-order valence-electron chi connectivity index (χ0n) is 20.2. The maximum absolute atomic E-state index is 13.8. The largest absolute Gasteiger partial charge is 0.385 e. The molecular formula is C27H26N4O6. The zero-order chi connectivity index (χ0) is 26.5. The fraction of sp³-hybridized carbons (Fsp3) is 0.259. The van der Waals surface area contributed by atoms with E-state index in [0.717, 1.165) is 0 Å². The van der Waals surface area contributed by atoms with Gasteiger partial charge in [0.05, 0.1) is 5.39 Å². The van der Waals surface area contributed by atoms with Gasteiger partial charge in [0.25, 0.3) is 0 Å². The molecule has 1 fully saturated rings. The highest BCUT2D eigenvalue weighted by atomic mass is 16.5. The second kappa shape index (κ2) is 9.07. The van der Waals surface area contributed by atoms with Gasteiger partial charge in [-0.05, 0) is 36.6 Å². The molecule has 0 aliphatic carbocycles. The summed E-state index contributed by atoms with van der Waals surface area (Å²) in [6, 6.07) is 15.1. The van der Waals surface area contributed by atoms with Crippen LogP contribution in [0.25, 0.3) is 11.0 Å². The lowest BCUT2D eigenvalue weighted by Crippen LogP contribution is -2.51. The van der Waals surface area contributed by atoms with Crippen LogP contribution in [0, 0.1) is 13.8 Å². The number of nitrogens with zero attached hydrogens (tertiary/aromatic N) is 2. The van der Waals surface area contributed by atoms with Crippen LogP contribution in [0.5, 0.6) is 0 Å². The number of aryl methyl sites for hydroxylation is 2. The molecule has 2 aromatic heterocycles. The molecule has 2 aromatic carbocycles. The minimum Gasteiger partial charge on any atom is -0.385 e. The number of nitrogens with two attached hydrogens (primary N) is 1. The van der Waals surface area contributed by atoms with E-state index in [2.05, 4.69) is 9.97 Å². The third-order valence-corrected chi connectivity index (χ3v) is 6.94. The van der Waals surface area contributed by atoms with Crippen LogP contribution >= 0.6 is 0 Å². The first-order valence-electron chi connectivity index (χ1n) is 11.7. The van der Waals surface area contributed by atoms with Gasteiger partial charge in [-0.15, -0.1) is 0 Å². The molecule has 0 bridgehead atoms. The van der Waals surface area contributed by atoms with Crippen LogP contribution in [0.1, 0.15) is 45.8 Å². The Kier molecular flexibility index (Phi) is 6.03. The fourth-order valence-electron chi connectivity index (χ4n) is 4.93. The van der Waals surface area contributed by atoms with Crippen molar-refractivity contribution in [3.8, 4) is 0 Å². The number of benzene rings is 2. The van der Waals surface area contributed by atoms with Crippen LogP contribution in [0.4, 0.5) is 5.82 Å². The Morgan fingerprint density at radius 3 is 2.51 bits per heavy atom. The molecule has 4 aromatic rings. The van der Waals surface area contributed by atoms with Crippen molar-refractivity contribution in [2.24, 2.45) is 0 Å². The van der Waals surface area contributed by atoms with E-state index < -0.39 is 41.3 Å². The number of ketones is 2. The number of fused-ring (bicyclic) bond motifs is 1. The minimum absolute atomic E-state index is 0.0978. The topological polar surface area (TPSA) is 161 Å². The predicted octanol–water partition coefficient (Wildman–Crippen LogP) is 2.13. The molecule has 5 N–H and O–H groups in total. The van der Waals surface area contributed by atoms with Gasteiger partial charge in [-0.25, -0.2) is 4.79 Å². The third kappa shape index (κ3) is 4.05. The van der Waals surface area contributed by atoms with Crippen molar-refractivity contribution in [2.45, 2.75) is 44.3 Å². The van der Waals surface area contributed by atoms with E-state index in [9.17, 15) is 24.6 Å². The van der Waals surface area contributed by atoms with Gasteiger partial charge in [0.1, 0.15) is 18.1 Å². The number of aliphatic hydroxyl groups is 2. The number of anilines is 1. The van der Waals surface area contributed by atoms with Gasteiger partial charge in [0.2, 0.25) is 0 Å². The lowest BCUT2D eigenvalue weighted by Gasteiger charge is -2.28. The molecule has 37 heavy (non-hydrogen) atoms. The molecule has 0 spiro atoms. The summed E-state index contributed by atoms with van der Waals surface area (Å²) in [6.45, 7) is 3.47. The van der Waals surface area contributed by atoms with Crippen molar-refractivity contribution >= 4 is 28.4 Å². The van der Waals surface area contributed by atoms with Gasteiger partial charge >= 0.3 is 5.69 Å². The summed E-state index contributed by atoms with van der Waals surface area (Å²) in [4.78, 5) is 45.7. The van der Waals surface area contributed by atoms with Crippen LogP contribution in [0.15, 0.2) is 65.6 Å². The highest BCUT2D eigenvalue weighted by Crippen LogP contribution is 2.42. The van der Waals surface area contributed by atoms with Crippen molar-refractivity contribution in [1.82, 2.24) is 14.5 Å². The predicted molar refractivity (Wildman–Crippen MR) is 135 cm³/mol. The number of H-pyrrole nitrogens is 1. The van der Waals surface area contributed by atoms with Crippen LogP contribution in [0.2, 0.25) is 0 Å². The summed E-state index contributed by atoms with van der Waals surface area (Å²) in [5.41, 5.74) is 4.96. The molecule has 5 rings (SSSR count). The van der Waals surface area contributed by atoms with E-state index in [1.165, 1.54) is 4.57 Å².